The quantitative estimate of drug-likeness (QED) is 0.411. The first-order valence-corrected chi connectivity index (χ1v) is 10.4. The Hall–Kier alpha value is -2.17. The van der Waals surface area contributed by atoms with Gasteiger partial charge in [-0.15, -0.1) is 0 Å². The summed E-state index contributed by atoms with van der Waals surface area (Å²) in [5, 5.41) is 0. The molecule has 0 spiro atoms. The van der Waals surface area contributed by atoms with Gasteiger partial charge in [0, 0.05) is 0 Å². The number of rotatable bonds is 4. The molecule has 0 atom stereocenters. The number of benzene rings is 1. The number of aromatic nitrogens is 1. The second-order valence-corrected chi connectivity index (χ2v) is 9.20. The van der Waals surface area contributed by atoms with Crippen LogP contribution in [0.4, 0.5) is 0 Å². The first-order valence-electron chi connectivity index (χ1n) is 8.71. The fourth-order valence-electron chi connectivity index (χ4n) is 3.79. The Bertz CT molecular complexity index is 883. The summed E-state index contributed by atoms with van der Waals surface area (Å²) in [4.78, 5) is 29.3. The molecule has 1 aromatic heterocycles. The number of ether oxygens (including phenoxy) is 2. The molecule has 0 N–H and O–H groups in total. The second kappa shape index (κ2) is 7.45. The Kier molecular flexibility index (Phi) is 5.40. The molecule has 1 heterocycles. The van der Waals surface area contributed by atoms with Gasteiger partial charge >= 0.3 is 165 Å². The van der Waals surface area contributed by atoms with E-state index in [1.807, 2.05) is 6.07 Å². The first kappa shape index (κ1) is 19.6. The summed E-state index contributed by atoms with van der Waals surface area (Å²) in [6.07, 6.45) is 2.35. The van der Waals surface area contributed by atoms with E-state index in [1.54, 1.807) is 6.20 Å². The molecule has 5 nitrogen and oxygen atoms in total. The molecular formula is C21H23NO4Se. The van der Waals surface area contributed by atoms with Gasteiger partial charge in [0.2, 0.25) is 0 Å². The molecule has 6 heteroatoms. The second-order valence-electron chi connectivity index (χ2n) is 7.04. The molecule has 0 unspecified atom stereocenters. The Morgan fingerprint density at radius 2 is 1.52 bits per heavy atom. The number of hydrogen-bond acceptors (Lipinski definition) is 5. The summed E-state index contributed by atoms with van der Waals surface area (Å²) < 4.78 is 12.1. The maximum absolute atomic E-state index is 12.4. The van der Waals surface area contributed by atoms with Crippen molar-refractivity contribution in [1.82, 2.24) is 4.98 Å². The zero-order valence-electron chi connectivity index (χ0n) is 16.2. The average molecular weight is 432 g/mol. The van der Waals surface area contributed by atoms with Crippen LogP contribution in [0.5, 0.6) is 0 Å². The first-order chi connectivity index (χ1) is 12.8. The van der Waals surface area contributed by atoms with Gasteiger partial charge in [0.15, 0.2) is 0 Å². The predicted molar refractivity (Wildman–Crippen MR) is 104 cm³/mol. The van der Waals surface area contributed by atoms with Gasteiger partial charge in [0.1, 0.15) is 0 Å². The molecule has 2 aromatic rings. The van der Waals surface area contributed by atoms with Crippen LogP contribution in [0.3, 0.4) is 0 Å². The van der Waals surface area contributed by atoms with Crippen molar-refractivity contribution < 1.29 is 19.1 Å². The topological polar surface area (TPSA) is 65.5 Å². The number of hydrogen-bond donors (Lipinski definition) is 0. The van der Waals surface area contributed by atoms with Crippen molar-refractivity contribution in [2.24, 2.45) is 5.41 Å². The molecule has 1 aliphatic rings. The minimum absolute atomic E-state index is 0.0542. The van der Waals surface area contributed by atoms with Crippen LogP contribution in [0.25, 0.3) is 0 Å². The average Bonchev–Trinajstić information content (AvgIpc) is 3.03. The van der Waals surface area contributed by atoms with Crippen LogP contribution in [0, 0.1) is 26.2 Å². The van der Waals surface area contributed by atoms with Crippen molar-refractivity contribution in [2.45, 2.75) is 33.6 Å². The molecule has 3 rings (SSSR count). The number of esters is 2. The fraction of sp³-hybridized carbons (Fsp3) is 0.381. The number of fused-ring (bicyclic) bond motifs is 1. The standard InChI is InChI=1S/C21H23NO4Se/c1-12-6-13(2)18(14(3)7-12)27-17-8-15-9-21(19(23)25-4,20(24)26-5)10-16(15)11-22-17/h6-8,11H,9-10H2,1-5H3. The summed E-state index contributed by atoms with van der Waals surface area (Å²) in [5.74, 6) is -1.11. The van der Waals surface area contributed by atoms with E-state index in [0.717, 1.165) is 15.7 Å². The zero-order chi connectivity index (χ0) is 19.8. The van der Waals surface area contributed by atoms with Gasteiger partial charge < -0.3 is 0 Å². The minimum atomic E-state index is -1.30. The molecule has 0 fully saturated rings. The summed E-state index contributed by atoms with van der Waals surface area (Å²) in [6.45, 7) is 6.36. The fourth-order valence-corrected chi connectivity index (χ4v) is 5.80. The van der Waals surface area contributed by atoms with Crippen molar-refractivity contribution in [3.8, 4) is 0 Å². The van der Waals surface area contributed by atoms with Crippen LogP contribution in [0.2, 0.25) is 0 Å². The number of pyridine rings is 1. The van der Waals surface area contributed by atoms with Gasteiger partial charge in [-0.3, -0.25) is 0 Å². The molecule has 0 radical (unpaired) electrons. The van der Waals surface area contributed by atoms with Gasteiger partial charge in [0.25, 0.3) is 0 Å². The Labute approximate surface area is 165 Å². The van der Waals surface area contributed by atoms with E-state index in [4.69, 9.17) is 9.47 Å². The maximum atomic E-state index is 12.4. The van der Waals surface area contributed by atoms with Crippen molar-refractivity contribution >= 4 is 35.9 Å². The van der Waals surface area contributed by atoms with E-state index in [2.05, 4.69) is 37.9 Å². The van der Waals surface area contributed by atoms with E-state index in [1.165, 1.54) is 35.4 Å². The molecule has 0 aliphatic heterocycles. The molecule has 0 bridgehead atoms. The van der Waals surface area contributed by atoms with E-state index in [-0.39, 0.29) is 21.4 Å². The van der Waals surface area contributed by atoms with Crippen LogP contribution in [-0.4, -0.2) is 46.1 Å². The van der Waals surface area contributed by atoms with Crippen LogP contribution < -0.4 is 9.05 Å². The monoisotopic (exact) mass is 433 g/mol. The van der Waals surface area contributed by atoms with Crippen molar-refractivity contribution in [3.63, 3.8) is 0 Å². The molecule has 0 saturated carbocycles. The molecule has 27 heavy (non-hydrogen) atoms. The van der Waals surface area contributed by atoms with Gasteiger partial charge in [0.05, 0.1) is 0 Å². The third kappa shape index (κ3) is 3.52. The number of carbonyl (C=O) groups excluding carboxylic acids is 2. The van der Waals surface area contributed by atoms with E-state index >= 15 is 0 Å². The summed E-state index contributed by atoms with van der Waals surface area (Å²) in [5.41, 5.74) is 4.38. The Morgan fingerprint density at radius 1 is 0.963 bits per heavy atom. The summed E-state index contributed by atoms with van der Waals surface area (Å²) in [7, 11) is 2.59. The van der Waals surface area contributed by atoms with Gasteiger partial charge in [-0.05, 0) is 0 Å². The van der Waals surface area contributed by atoms with Crippen molar-refractivity contribution in [2.75, 3.05) is 14.2 Å². The summed E-state index contributed by atoms with van der Waals surface area (Å²) in [6, 6.07) is 6.41. The predicted octanol–water partition coefficient (Wildman–Crippen LogP) is 1.09. The molecule has 1 aromatic carbocycles. The van der Waals surface area contributed by atoms with Crippen LogP contribution in [-0.2, 0) is 31.9 Å². The molecule has 0 saturated heterocycles. The molecule has 0 amide bonds. The zero-order valence-corrected chi connectivity index (χ0v) is 17.9. The third-order valence-electron chi connectivity index (χ3n) is 5.01. The van der Waals surface area contributed by atoms with E-state index in [0.29, 0.717) is 6.42 Å². The van der Waals surface area contributed by atoms with E-state index < -0.39 is 17.4 Å². The number of carbonyl (C=O) groups is 2. The SMILES string of the molecule is COC(=O)C1(C(=O)OC)Cc2cnc([Se]c3c(C)cc(C)cc3C)cc2C1. The van der Waals surface area contributed by atoms with Gasteiger partial charge in [-0.2, -0.15) is 0 Å². The van der Waals surface area contributed by atoms with Gasteiger partial charge in [-0.1, -0.05) is 0 Å². The van der Waals surface area contributed by atoms with Gasteiger partial charge in [-0.25, -0.2) is 0 Å². The summed E-state index contributed by atoms with van der Waals surface area (Å²) >= 11 is 0.0542. The molecular weight excluding hydrogens is 409 g/mol. The molecule has 142 valence electrons. The Balaban J connectivity index is 1.93. The normalized spacial score (nSPS) is 14.6. The van der Waals surface area contributed by atoms with E-state index in [9.17, 15) is 9.59 Å². The van der Waals surface area contributed by atoms with Crippen LogP contribution in [0.1, 0.15) is 27.8 Å². The Morgan fingerprint density at radius 3 is 2.07 bits per heavy atom. The van der Waals surface area contributed by atoms with Crippen LogP contribution >= 0.6 is 0 Å². The number of aryl methyl sites for hydroxylation is 3. The molecule has 1 aliphatic carbocycles. The number of methoxy groups -OCH3 is 2. The number of nitrogens with zero attached hydrogens (tertiary/aromatic N) is 1. The van der Waals surface area contributed by atoms with Crippen molar-refractivity contribution in [3.05, 3.63) is 52.2 Å². The third-order valence-corrected chi connectivity index (χ3v) is 7.69. The van der Waals surface area contributed by atoms with Crippen LogP contribution in [0.15, 0.2) is 24.4 Å². The van der Waals surface area contributed by atoms with Crippen molar-refractivity contribution in [1.29, 1.82) is 0 Å².